The number of nitrogens with zero attached hydrogens (tertiary/aromatic N) is 2. The van der Waals surface area contributed by atoms with Crippen LogP contribution in [0.1, 0.15) is 24.2 Å². The van der Waals surface area contributed by atoms with Gasteiger partial charge in [-0.15, -0.1) is 0 Å². The number of aliphatic hydroxyl groups excluding tert-OH is 1. The smallest absolute Gasteiger partial charge is 0.0776 e. The highest BCUT2D eigenvalue weighted by Crippen LogP contribution is 2.15. The van der Waals surface area contributed by atoms with Crippen molar-refractivity contribution in [2.24, 2.45) is 0 Å². The molecule has 2 aromatic rings. The molecule has 0 amide bonds. The Labute approximate surface area is 76.6 Å². The summed E-state index contributed by atoms with van der Waals surface area (Å²) in [6.45, 7) is 3.77. The van der Waals surface area contributed by atoms with E-state index in [0.717, 1.165) is 16.6 Å². The van der Waals surface area contributed by atoms with Crippen LogP contribution in [0.4, 0.5) is 0 Å². The molecule has 2 heterocycles. The Kier molecular flexibility index (Phi) is 1.81. The first-order valence-electron chi connectivity index (χ1n) is 4.30. The van der Waals surface area contributed by atoms with Crippen molar-refractivity contribution < 1.29 is 5.11 Å². The molecule has 0 saturated carbocycles. The van der Waals surface area contributed by atoms with Crippen LogP contribution in [0.5, 0.6) is 0 Å². The molecule has 2 rings (SSSR count). The average molecular weight is 176 g/mol. The Balaban J connectivity index is 2.63. The molecule has 68 valence electrons. The van der Waals surface area contributed by atoms with Gasteiger partial charge in [-0.25, -0.2) is 4.52 Å². The Hall–Kier alpha value is -1.35. The number of aliphatic hydroxyl groups is 1. The van der Waals surface area contributed by atoms with E-state index in [1.807, 2.05) is 31.5 Å². The molecule has 0 bridgehead atoms. The third-order valence-electron chi connectivity index (χ3n) is 2.21. The maximum absolute atomic E-state index is 9.35. The monoisotopic (exact) mass is 176 g/mol. The predicted octanol–water partition coefficient (Wildman–Crippen LogP) is 1.70. The van der Waals surface area contributed by atoms with Gasteiger partial charge < -0.3 is 5.11 Å². The molecule has 1 unspecified atom stereocenters. The standard InChI is InChI=1S/C10H12N2O/c1-7-5-11-12-6-9(8(2)13)3-4-10(7)12/h3-6,8,13H,1-2H3. The molecule has 0 aliphatic carbocycles. The van der Waals surface area contributed by atoms with Gasteiger partial charge in [-0.05, 0) is 31.0 Å². The Bertz CT molecular complexity index is 431. The highest BCUT2D eigenvalue weighted by atomic mass is 16.3. The summed E-state index contributed by atoms with van der Waals surface area (Å²) in [6, 6.07) is 3.90. The SMILES string of the molecule is Cc1cnn2cc(C(C)O)ccc12. The lowest BCUT2D eigenvalue weighted by atomic mass is 10.2. The number of pyridine rings is 1. The molecule has 0 saturated heterocycles. The summed E-state index contributed by atoms with van der Waals surface area (Å²) in [5, 5.41) is 13.5. The number of aryl methyl sites for hydroxylation is 1. The molecule has 1 atom stereocenters. The lowest BCUT2D eigenvalue weighted by Crippen LogP contribution is -1.95. The highest BCUT2D eigenvalue weighted by Gasteiger charge is 2.03. The number of aromatic nitrogens is 2. The zero-order valence-corrected chi connectivity index (χ0v) is 7.73. The third-order valence-corrected chi connectivity index (χ3v) is 2.21. The van der Waals surface area contributed by atoms with E-state index in [2.05, 4.69) is 5.10 Å². The van der Waals surface area contributed by atoms with E-state index in [9.17, 15) is 5.11 Å². The van der Waals surface area contributed by atoms with E-state index in [1.54, 1.807) is 11.4 Å². The lowest BCUT2D eigenvalue weighted by molar-refractivity contribution is 0.198. The van der Waals surface area contributed by atoms with Crippen LogP contribution in [-0.4, -0.2) is 14.7 Å². The van der Waals surface area contributed by atoms with Crippen molar-refractivity contribution in [3.8, 4) is 0 Å². The predicted molar refractivity (Wildman–Crippen MR) is 50.6 cm³/mol. The Morgan fingerprint density at radius 3 is 2.92 bits per heavy atom. The van der Waals surface area contributed by atoms with Gasteiger partial charge in [0.1, 0.15) is 0 Å². The minimum Gasteiger partial charge on any atom is -0.389 e. The van der Waals surface area contributed by atoms with Crippen molar-refractivity contribution in [1.29, 1.82) is 0 Å². The minimum atomic E-state index is -0.436. The van der Waals surface area contributed by atoms with Crippen LogP contribution >= 0.6 is 0 Å². The molecule has 3 heteroatoms. The van der Waals surface area contributed by atoms with E-state index in [-0.39, 0.29) is 0 Å². The number of hydrogen-bond donors (Lipinski definition) is 1. The van der Waals surface area contributed by atoms with E-state index in [4.69, 9.17) is 0 Å². The Morgan fingerprint density at radius 2 is 2.23 bits per heavy atom. The lowest BCUT2D eigenvalue weighted by Gasteiger charge is -2.04. The summed E-state index contributed by atoms with van der Waals surface area (Å²) in [7, 11) is 0. The highest BCUT2D eigenvalue weighted by molar-refractivity contribution is 5.53. The topological polar surface area (TPSA) is 37.5 Å². The maximum atomic E-state index is 9.35. The molecule has 0 aromatic carbocycles. The summed E-state index contributed by atoms with van der Waals surface area (Å²) in [6.07, 6.45) is 3.24. The maximum Gasteiger partial charge on any atom is 0.0776 e. The van der Waals surface area contributed by atoms with Crippen LogP contribution in [0, 0.1) is 6.92 Å². The van der Waals surface area contributed by atoms with Crippen molar-refractivity contribution in [2.45, 2.75) is 20.0 Å². The minimum absolute atomic E-state index is 0.436. The fourth-order valence-electron chi connectivity index (χ4n) is 1.38. The van der Waals surface area contributed by atoms with E-state index in [1.165, 1.54) is 0 Å². The van der Waals surface area contributed by atoms with Gasteiger partial charge >= 0.3 is 0 Å². The van der Waals surface area contributed by atoms with Crippen LogP contribution in [0.15, 0.2) is 24.5 Å². The summed E-state index contributed by atoms with van der Waals surface area (Å²) < 4.78 is 1.79. The fourth-order valence-corrected chi connectivity index (χ4v) is 1.38. The Morgan fingerprint density at radius 1 is 1.46 bits per heavy atom. The van der Waals surface area contributed by atoms with Gasteiger partial charge in [0.05, 0.1) is 17.8 Å². The van der Waals surface area contributed by atoms with Crippen molar-refractivity contribution >= 4 is 5.52 Å². The quantitative estimate of drug-likeness (QED) is 0.718. The van der Waals surface area contributed by atoms with E-state index < -0.39 is 6.10 Å². The molecular formula is C10H12N2O. The first-order valence-corrected chi connectivity index (χ1v) is 4.30. The summed E-state index contributed by atoms with van der Waals surface area (Å²) >= 11 is 0. The third kappa shape index (κ3) is 1.31. The van der Waals surface area contributed by atoms with Crippen molar-refractivity contribution in [3.05, 3.63) is 35.7 Å². The van der Waals surface area contributed by atoms with Crippen LogP contribution in [0.25, 0.3) is 5.52 Å². The van der Waals surface area contributed by atoms with Gasteiger partial charge in [0, 0.05) is 6.20 Å². The van der Waals surface area contributed by atoms with Crippen LogP contribution in [-0.2, 0) is 0 Å². The normalized spacial score (nSPS) is 13.5. The zero-order chi connectivity index (χ0) is 9.42. The summed E-state index contributed by atoms with van der Waals surface area (Å²) in [4.78, 5) is 0. The van der Waals surface area contributed by atoms with Gasteiger partial charge in [-0.2, -0.15) is 5.10 Å². The number of hydrogen-bond acceptors (Lipinski definition) is 2. The van der Waals surface area contributed by atoms with Crippen molar-refractivity contribution in [3.63, 3.8) is 0 Å². The van der Waals surface area contributed by atoms with Crippen LogP contribution < -0.4 is 0 Å². The van der Waals surface area contributed by atoms with Gasteiger partial charge in [-0.1, -0.05) is 6.07 Å². The number of rotatable bonds is 1. The van der Waals surface area contributed by atoms with Gasteiger partial charge in [0.15, 0.2) is 0 Å². The molecular weight excluding hydrogens is 164 g/mol. The zero-order valence-electron chi connectivity index (χ0n) is 7.73. The summed E-state index contributed by atoms with van der Waals surface area (Å²) in [5.41, 5.74) is 3.12. The molecule has 2 aromatic heterocycles. The van der Waals surface area contributed by atoms with Gasteiger partial charge in [0.25, 0.3) is 0 Å². The second-order valence-electron chi connectivity index (χ2n) is 3.30. The fraction of sp³-hybridized carbons (Fsp3) is 0.300. The van der Waals surface area contributed by atoms with Crippen LogP contribution in [0.2, 0.25) is 0 Å². The second kappa shape index (κ2) is 2.85. The van der Waals surface area contributed by atoms with E-state index >= 15 is 0 Å². The van der Waals surface area contributed by atoms with E-state index in [0.29, 0.717) is 0 Å². The average Bonchev–Trinajstić information content (AvgIpc) is 2.47. The molecule has 0 fully saturated rings. The second-order valence-corrected chi connectivity index (χ2v) is 3.30. The molecule has 0 aliphatic heterocycles. The molecule has 0 aliphatic rings. The van der Waals surface area contributed by atoms with Gasteiger partial charge in [-0.3, -0.25) is 0 Å². The molecule has 0 radical (unpaired) electrons. The van der Waals surface area contributed by atoms with Crippen molar-refractivity contribution in [1.82, 2.24) is 9.61 Å². The van der Waals surface area contributed by atoms with Crippen LogP contribution in [0.3, 0.4) is 0 Å². The van der Waals surface area contributed by atoms with Gasteiger partial charge in [0.2, 0.25) is 0 Å². The molecule has 0 spiro atoms. The molecule has 1 N–H and O–H groups in total. The largest absolute Gasteiger partial charge is 0.389 e. The van der Waals surface area contributed by atoms with Crippen molar-refractivity contribution in [2.75, 3.05) is 0 Å². The molecule has 3 nitrogen and oxygen atoms in total. The summed E-state index contributed by atoms with van der Waals surface area (Å²) in [5.74, 6) is 0. The molecule has 13 heavy (non-hydrogen) atoms. The first-order chi connectivity index (χ1) is 6.18. The first kappa shape index (κ1) is 8.26. The number of fused-ring (bicyclic) bond motifs is 1.